The van der Waals surface area contributed by atoms with Crippen molar-refractivity contribution in [2.75, 3.05) is 5.75 Å². The van der Waals surface area contributed by atoms with Crippen LogP contribution in [0, 0.1) is 0 Å². The molecule has 6 heteroatoms. The molecule has 4 nitrogen and oxygen atoms in total. The summed E-state index contributed by atoms with van der Waals surface area (Å²) in [5.41, 5.74) is 0. The van der Waals surface area contributed by atoms with Crippen LogP contribution in [-0.4, -0.2) is 28.8 Å². The Morgan fingerprint density at radius 1 is 0.926 bits per heavy atom. The van der Waals surface area contributed by atoms with Gasteiger partial charge in [0.15, 0.2) is 0 Å². The summed E-state index contributed by atoms with van der Waals surface area (Å²) in [6.07, 6.45) is 20.9. The van der Waals surface area contributed by atoms with Crippen LogP contribution in [0.15, 0.2) is 12.2 Å². The van der Waals surface area contributed by atoms with Crippen molar-refractivity contribution >= 4 is 24.5 Å². The number of hydrogen-bond acceptors (Lipinski definition) is 3. The minimum Gasteiger partial charge on any atom is -1.00 e. The largest absolute Gasteiger partial charge is 1.00 e. The SMILES string of the molecule is CCCCCCCC/C=C\CCCCCCCC(=O)N[C@@H](CS)C(=O)O.[H-].[Na+]. The monoisotopic (exact) mass is 409 g/mol. The van der Waals surface area contributed by atoms with Gasteiger partial charge in [-0.15, -0.1) is 0 Å². The molecule has 2 N–H and O–H groups in total. The molecule has 0 aromatic rings. The Kier molecular flexibility index (Phi) is 24.2. The summed E-state index contributed by atoms with van der Waals surface area (Å²) in [7, 11) is 0. The third kappa shape index (κ3) is 20.6. The quantitative estimate of drug-likeness (QED) is 0.141. The summed E-state index contributed by atoms with van der Waals surface area (Å²) >= 11 is 3.93. The smallest absolute Gasteiger partial charge is 1.00 e. The van der Waals surface area contributed by atoms with Crippen molar-refractivity contribution < 1.29 is 45.7 Å². The van der Waals surface area contributed by atoms with E-state index in [4.69, 9.17) is 5.11 Å². The van der Waals surface area contributed by atoms with Gasteiger partial charge < -0.3 is 11.8 Å². The van der Waals surface area contributed by atoms with E-state index in [1.807, 2.05) is 0 Å². The van der Waals surface area contributed by atoms with Gasteiger partial charge in [-0.2, -0.15) is 12.6 Å². The van der Waals surface area contributed by atoms with Crippen molar-refractivity contribution in [2.45, 2.75) is 103 Å². The Balaban J connectivity index is -0.00000312. The maximum absolute atomic E-state index is 11.6. The van der Waals surface area contributed by atoms with Crippen LogP contribution < -0.4 is 34.9 Å². The second kappa shape index (κ2) is 22.3. The molecule has 0 heterocycles. The van der Waals surface area contributed by atoms with Gasteiger partial charge >= 0.3 is 35.5 Å². The fraction of sp³-hybridized carbons (Fsp3) is 0.810. The number of nitrogens with one attached hydrogen (secondary N) is 1. The van der Waals surface area contributed by atoms with E-state index < -0.39 is 12.0 Å². The van der Waals surface area contributed by atoms with E-state index >= 15 is 0 Å². The Bertz CT molecular complexity index is 398. The van der Waals surface area contributed by atoms with Gasteiger partial charge in [-0.05, 0) is 32.1 Å². The number of unbranched alkanes of at least 4 members (excludes halogenated alkanes) is 11. The molecule has 0 bridgehead atoms. The molecule has 0 saturated carbocycles. The molecule has 0 aromatic heterocycles. The van der Waals surface area contributed by atoms with E-state index in [1.54, 1.807) is 0 Å². The van der Waals surface area contributed by atoms with Crippen molar-refractivity contribution in [3.05, 3.63) is 12.2 Å². The van der Waals surface area contributed by atoms with Gasteiger partial charge in [0, 0.05) is 12.2 Å². The first-order valence-corrected chi connectivity index (χ1v) is 11.0. The molecule has 0 fully saturated rings. The van der Waals surface area contributed by atoms with Crippen LogP contribution in [0.3, 0.4) is 0 Å². The zero-order chi connectivity index (χ0) is 19.5. The van der Waals surface area contributed by atoms with Crippen LogP contribution in [0.25, 0.3) is 0 Å². The van der Waals surface area contributed by atoms with E-state index in [-0.39, 0.29) is 42.6 Å². The summed E-state index contributed by atoms with van der Waals surface area (Å²) in [6, 6.07) is -0.881. The molecule has 0 saturated heterocycles. The number of thiol groups is 1. The van der Waals surface area contributed by atoms with Gasteiger partial charge in [0.1, 0.15) is 6.04 Å². The molecule has 0 aliphatic rings. The Morgan fingerprint density at radius 3 is 1.89 bits per heavy atom. The number of hydrogen-bond donors (Lipinski definition) is 3. The number of carboxylic acid groups (broad SMARTS) is 1. The number of allylic oxidation sites excluding steroid dienone is 2. The van der Waals surface area contributed by atoms with Crippen LogP contribution in [0.1, 0.15) is 98.2 Å². The van der Waals surface area contributed by atoms with E-state index in [1.165, 1.54) is 57.8 Å². The van der Waals surface area contributed by atoms with Gasteiger partial charge in [-0.1, -0.05) is 70.4 Å². The fourth-order valence-corrected chi connectivity index (χ4v) is 3.06. The van der Waals surface area contributed by atoms with E-state index in [9.17, 15) is 9.59 Å². The number of amides is 1. The molecule has 1 atom stereocenters. The maximum Gasteiger partial charge on any atom is 1.00 e. The minimum atomic E-state index is -1.03. The van der Waals surface area contributed by atoms with Crippen LogP contribution in [0.4, 0.5) is 0 Å². The summed E-state index contributed by atoms with van der Waals surface area (Å²) in [5.74, 6) is -1.10. The molecular weight excluding hydrogens is 369 g/mol. The van der Waals surface area contributed by atoms with Crippen molar-refractivity contribution in [3.63, 3.8) is 0 Å². The molecule has 1 amide bonds. The molecule has 154 valence electrons. The summed E-state index contributed by atoms with van der Waals surface area (Å²) in [4.78, 5) is 22.4. The van der Waals surface area contributed by atoms with Gasteiger partial charge in [-0.3, -0.25) is 4.79 Å². The zero-order valence-electron chi connectivity index (χ0n) is 18.5. The van der Waals surface area contributed by atoms with Crippen molar-refractivity contribution in [2.24, 2.45) is 0 Å². The van der Waals surface area contributed by atoms with Crippen LogP contribution >= 0.6 is 12.6 Å². The standard InChI is InChI=1S/C21H39NO3S.Na.H/c1-2-3-4-5-6-7-8-9-10-11-12-13-14-15-16-17-20(23)22-19(18-26)21(24)25;;/h9-10,19,26H,2-8,11-18H2,1H3,(H,22,23)(H,24,25);;/q;+1;-1/b10-9-;;/t19-;;/m0../s1. The third-order valence-electron chi connectivity index (χ3n) is 4.48. The predicted molar refractivity (Wildman–Crippen MR) is 114 cm³/mol. The maximum atomic E-state index is 11.6. The van der Waals surface area contributed by atoms with Crippen molar-refractivity contribution in [3.8, 4) is 0 Å². The molecule has 0 radical (unpaired) electrons. The molecule has 0 rings (SSSR count). The average Bonchev–Trinajstić information content (AvgIpc) is 2.62. The minimum absolute atomic E-state index is 0. The first kappa shape index (κ1) is 29.2. The van der Waals surface area contributed by atoms with Crippen LogP contribution in [0.5, 0.6) is 0 Å². The molecule has 0 spiro atoms. The second-order valence-corrected chi connectivity index (χ2v) is 7.34. The van der Waals surface area contributed by atoms with E-state index in [0.29, 0.717) is 6.42 Å². The first-order chi connectivity index (χ1) is 12.6. The topological polar surface area (TPSA) is 66.4 Å². The molecule has 0 unspecified atom stereocenters. The first-order valence-electron chi connectivity index (χ1n) is 10.4. The van der Waals surface area contributed by atoms with Gasteiger partial charge in [0.05, 0.1) is 0 Å². The Morgan fingerprint density at radius 2 is 1.41 bits per heavy atom. The van der Waals surface area contributed by atoms with E-state index in [0.717, 1.165) is 25.7 Å². The van der Waals surface area contributed by atoms with Crippen LogP contribution in [0.2, 0.25) is 0 Å². The number of carbonyl (C=O) groups excluding carboxylic acids is 1. The average molecular weight is 410 g/mol. The molecular formula is C21H40NNaO3S. The molecule has 27 heavy (non-hydrogen) atoms. The van der Waals surface area contributed by atoms with Gasteiger partial charge in [-0.25, -0.2) is 4.79 Å². The summed E-state index contributed by atoms with van der Waals surface area (Å²) < 4.78 is 0. The second-order valence-electron chi connectivity index (χ2n) is 6.98. The Labute approximate surface area is 195 Å². The Hall–Kier alpha value is 0.0300. The van der Waals surface area contributed by atoms with Gasteiger partial charge in [0.25, 0.3) is 0 Å². The fourth-order valence-electron chi connectivity index (χ4n) is 2.81. The normalized spacial score (nSPS) is 11.9. The molecule has 0 aliphatic carbocycles. The third-order valence-corrected chi connectivity index (χ3v) is 4.85. The van der Waals surface area contributed by atoms with E-state index in [2.05, 4.69) is 37.0 Å². The molecule has 0 aliphatic heterocycles. The summed E-state index contributed by atoms with van der Waals surface area (Å²) in [5, 5.41) is 11.3. The number of carbonyl (C=O) groups is 2. The predicted octanol–water partition coefficient (Wildman–Crippen LogP) is 2.64. The number of aliphatic carboxylic acids is 1. The number of carboxylic acids is 1. The number of rotatable bonds is 18. The van der Waals surface area contributed by atoms with Crippen molar-refractivity contribution in [1.29, 1.82) is 0 Å². The summed E-state index contributed by atoms with van der Waals surface area (Å²) in [6.45, 7) is 2.25. The van der Waals surface area contributed by atoms with Crippen molar-refractivity contribution in [1.82, 2.24) is 5.32 Å². The van der Waals surface area contributed by atoms with Crippen LogP contribution in [-0.2, 0) is 9.59 Å². The molecule has 0 aromatic carbocycles. The zero-order valence-corrected chi connectivity index (χ0v) is 20.4. The van der Waals surface area contributed by atoms with Gasteiger partial charge in [0.2, 0.25) is 5.91 Å².